The number of carboxylic acid groups (broad SMARTS) is 1. The van der Waals surface area contributed by atoms with E-state index in [0.717, 1.165) is 31.6 Å². The third kappa shape index (κ3) is 4.63. The van der Waals surface area contributed by atoms with Crippen molar-refractivity contribution in [2.45, 2.75) is 76.7 Å². The van der Waals surface area contributed by atoms with E-state index in [4.69, 9.17) is 9.47 Å². The zero-order valence-corrected chi connectivity index (χ0v) is 18.4. The molecule has 2 aromatic rings. The van der Waals surface area contributed by atoms with Crippen molar-refractivity contribution in [1.82, 2.24) is 0 Å². The first-order valence-electron chi connectivity index (χ1n) is 11.2. The van der Waals surface area contributed by atoms with Gasteiger partial charge in [-0.1, -0.05) is 57.4 Å². The quantitative estimate of drug-likeness (QED) is 0.523. The summed E-state index contributed by atoms with van der Waals surface area (Å²) in [7, 11) is 0. The molecular weight excluding hydrogens is 376 g/mol. The molecule has 1 atom stereocenters. The molecule has 0 amide bonds. The lowest BCUT2D eigenvalue weighted by atomic mass is 9.65. The normalized spacial score (nSPS) is 17.7. The molecule has 2 aromatic carbocycles. The van der Waals surface area contributed by atoms with Gasteiger partial charge in [0, 0.05) is 5.41 Å². The molecule has 4 nitrogen and oxygen atoms in total. The zero-order chi connectivity index (χ0) is 21.6. The fourth-order valence-electron chi connectivity index (χ4n) is 4.36. The van der Waals surface area contributed by atoms with Crippen molar-refractivity contribution in [3.8, 4) is 11.5 Å². The molecule has 1 saturated carbocycles. The van der Waals surface area contributed by atoms with Gasteiger partial charge in [-0.05, 0) is 68.0 Å². The number of rotatable bonds is 9. The van der Waals surface area contributed by atoms with E-state index in [0.29, 0.717) is 12.2 Å². The number of benzene rings is 2. The molecule has 3 rings (SSSR count). The summed E-state index contributed by atoms with van der Waals surface area (Å²) in [6.07, 6.45) is 7.32. The number of hydrogen-bond acceptors (Lipinski definition) is 3. The van der Waals surface area contributed by atoms with Crippen LogP contribution >= 0.6 is 0 Å². The van der Waals surface area contributed by atoms with Gasteiger partial charge in [0.1, 0.15) is 11.5 Å². The van der Waals surface area contributed by atoms with Crippen molar-refractivity contribution in [3.05, 3.63) is 59.7 Å². The molecule has 0 heterocycles. The van der Waals surface area contributed by atoms with Gasteiger partial charge in [0.15, 0.2) is 0 Å². The topological polar surface area (TPSA) is 55.8 Å². The number of carbonyl (C=O) groups is 1. The Balaban J connectivity index is 1.88. The lowest BCUT2D eigenvalue weighted by Crippen LogP contribution is -2.40. The first-order chi connectivity index (χ1) is 14.4. The van der Waals surface area contributed by atoms with Crippen LogP contribution in [0.4, 0.5) is 0 Å². The van der Waals surface area contributed by atoms with E-state index in [1.54, 1.807) is 6.92 Å². The van der Waals surface area contributed by atoms with Crippen LogP contribution in [0.15, 0.2) is 48.5 Å². The first kappa shape index (κ1) is 22.2. The minimum atomic E-state index is -1.21. The van der Waals surface area contributed by atoms with E-state index in [-0.39, 0.29) is 5.41 Å². The van der Waals surface area contributed by atoms with Gasteiger partial charge in [-0.3, -0.25) is 0 Å². The number of ether oxygens (including phenoxy) is 2. The van der Waals surface area contributed by atoms with E-state index in [1.165, 1.54) is 30.4 Å². The standard InChI is InChI=1S/C26H34O4/c1-4-19-29-22-13-9-20(10-14-22)26(17-7-6-8-18-26)21-11-15-23(16-12-21)30-25(3,5-2)24(27)28/h9-16H,4-8,17-19H2,1-3H3,(H,27,28). The van der Waals surface area contributed by atoms with Gasteiger partial charge >= 0.3 is 5.97 Å². The summed E-state index contributed by atoms with van der Waals surface area (Å²) >= 11 is 0. The van der Waals surface area contributed by atoms with Crippen LogP contribution in [0.5, 0.6) is 11.5 Å². The van der Waals surface area contributed by atoms with Crippen LogP contribution in [-0.2, 0) is 10.2 Å². The summed E-state index contributed by atoms with van der Waals surface area (Å²) in [4.78, 5) is 11.6. The maximum atomic E-state index is 11.6. The van der Waals surface area contributed by atoms with Crippen molar-refractivity contribution in [3.63, 3.8) is 0 Å². The third-order valence-corrected chi connectivity index (χ3v) is 6.46. The largest absolute Gasteiger partial charge is 0.494 e. The molecule has 0 saturated heterocycles. The van der Waals surface area contributed by atoms with Crippen LogP contribution in [0.2, 0.25) is 0 Å². The summed E-state index contributed by atoms with van der Waals surface area (Å²) in [6, 6.07) is 16.6. The van der Waals surface area contributed by atoms with Crippen molar-refractivity contribution in [2.75, 3.05) is 6.61 Å². The summed E-state index contributed by atoms with van der Waals surface area (Å²) in [5.41, 5.74) is 1.37. The number of hydrogen-bond donors (Lipinski definition) is 1. The van der Waals surface area contributed by atoms with Gasteiger partial charge in [0.05, 0.1) is 6.61 Å². The van der Waals surface area contributed by atoms with E-state index in [2.05, 4.69) is 43.3 Å². The molecule has 1 fully saturated rings. The molecule has 1 aliphatic carbocycles. The SMILES string of the molecule is CCCOc1ccc(C2(c3ccc(OC(C)(CC)C(=O)O)cc3)CCCCC2)cc1. The highest BCUT2D eigenvalue weighted by Crippen LogP contribution is 2.45. The van der Waals surface area contributed by atoms with Gasteiger partial charge in [0.2, 0.25) is 5.60 Å². The molecule has 1 unspecified atom stereocenters. The second-order valence-electron chi connectivity index (χ2n) is 8.53. The molecule has 0 spiro atoms. The second kappa shape index (κ2) is 9.55. The van der Waals surface area contributed by atoms with E-state index < -0.39 is 11.6 Å². The molecule has 0 bridgehead atoms. The second-order valence-corrected chi connectivity index (χ2v) is 8.53. The molecule has 0 aromatic heterocycles. The highest BCUT2D eigenvalue weighted by molar-refractivity contribution is 5.77. The van der Waals surface area contributed by atoms with Crippen LogP contribution in [0.25, 0.3) is 0 Å². The van der Waals surface area contributed by atoms with E-state index in [9.17, 15) is 9.90 Å². The minimum absolute atomic E-state index is 0.0130. The predicted octanol–water partition coefficient (Wildman–Crippen LogP) is 6.36. The number of carboxylic acids is 1. The van der Waals surface area contributed by atoms with E-state index in [1.807, 2.05) is 19.1 Å². The van der Waals surface area contributed by atoms with Gasteiger partial charge in [0.25, 0.3) is 0 Å². The Morgan fingerprint density at radius 2 is 1.47 bits per heavy atom. The molecule has 0 aliphatic heterocycles. The summed E-state index contributed by atoms with van der Waals surface area (Å²) in [5, 5.41) is 9.48. The Kier molecular flexibility index (Phi) is 7.06. The van der Waals surface area contributed by atoms with Gasteiger partial charge in [-0.15, -0.1) is 0 Å². The summed E-state index contributed by atoms with van der Waals surface area (Å²) in [5.74, 6) is 0.575. The van der Waals surface area contributed by atoms with Crippen LogP contribution in [-0.4, -0.2) is 23.3 Å². The molecule has 30 heavy (non-hydrogen) atoms. The van der Waals surface area contributed by atoms with Crippen molar-refractivity contribution in [1.29, 1.82) is 0 Å². The fourth-order valence-corrected chi connectivity index (χ4v) is 4.36. The molecular formula is C26H34O4. The average Bonchev–Trinajstić information content (AvgIpc) is 2.78. The average molecular weight is 411 g/mol. The smallest absolute Gasteiger partial charge is 0.347 e. The maximum Gasteiger partial charge on any atom is 0.347 e. The Hall–Kier alpha value is -2.49. The van der Waals surface area contributed by atoms with Gasteiger partial charge in [-0.25, -0.2) is 4.79 Å². The Labute approximate surface area is 180 Å². The maximum absolute atomic E-state index is 11.6. The summed E-state index contributed by atoms with van der Waals surface area (Å²) < 4.78 is 11.6. The van der Waals surface area contributed by atoms with Crippen molar-refractivity contribution >= 4 is 5.97 Å². The van der Waals surface area contributed by atoms with Crippen molar-refractivity contribution < 1.29 is 19.4 Å². The van der Waals surface area contributed by atoms with E-state index >= 15 is 0 Å². The predicted molar refractivity (Wildman–Crippen MR) is 119 cm³/mol. The molecule has 4 heteroatoms. The van der Waals surface area contributed by atoms with Crippen LogP contribution in [0.3, 0.4) is 0 Å². The highest BCUT2D eigenvalue weighted by atomic mass is 16.5. The molecule has 162 valence electrons. The van der Waals surface area contributed by atoms with Crippen LogP contribution in [0, 0.1) is 0 Å². The Morgan fingerprint density at radius 3 is 1.93 bits per heavy atom. The lowest BCUT2D eigenvalue weighted by Gasteiger charge is -2.39. The minimum Gasteiger partial charge on any atom is -0.494 e. The fraction of sp³-hybridized carbons (Fsp3) is 0.500. The Morgan fingerprint density at radius 1 is 0.933 bits per heavy atom. The van der Waals surface area contributed by atoms with Gasteiger partial charge in [-0.2, -0.15) is 0 Å². The van der Waals surface area contributed by atoms with Crippen LogP contribution in [0.1, 0.15) is 76.8 Å². The van der Waals surface area contributed by atoms with Crippen LogP contribution < -0.4 is 9.47 Å². The first-order valence-corrected chi connectivity index (χ1v) is 11.2. The summed E-state index contributed by atoms with van der Waals surface area (Å²) in [6.45, 7) is 6.29. The Bertz CT molecular complexity index is 819. The monoisotopic (exact) mass is 410 g/mol. The lowest BCUT2D eigenvalue weighted by molar-refractivity contribution is -0.154. The molecule has 1 aliphatic rings. The van der Waals surface area contributed by atoms with Gasteiger partial charge < -0.3 is 14.6 Å². The molecule has 0 radical (unpaired) electrons. The zero-order valence-electron chi connectivity index (χ0n) is 18.4. The molecule has 1 N–H and O–H groups in total. The highest BCUT2D eigenvalue weighted by Gasteiger charge is 2.36. The van der Waals surface area contributed by atoms with Crippen molar-refractivity contribution in [2.24, 2.45) is 0 Å². The third-order valence-electron chi connectivity index (χ3n) is 6.46. The number of aliphatic carboxylic acids is 1.